The lowest BCUT2D eigenvalue weighted by atomic mass is 10.1. The molecule has 0 spiro atoms. The molecule has 2 aromatic carbocycles. The predicted molar refractivity (Wildman–Crippen MR) is 91.0 cm³/mol. The number of sulfonamides is 1. The Kier molecular flexibility index (Phi) is 3.60. The predicted octanol–water partition coefficient (Wildman–Crippen LogP) is 2.17. The van der Waals surface area contributed by atoms with Gasteiger partial charge in [-0.3, -0.25) is 4.98 Å². The van der Waals surface area contributed by atoms with E-state index in [9.17, 15) is 13.5 Å². The second-order valence-corrected chi connectivity index (χ2v) is 7.60. The van der Waals surface area contributed by atoms with Crippen molar-refractivity contribution in [2.24, 2.45) is 0 Å². The molecular formula is C18H16N2O3S. The van der Waals surface area contributed by atoms with Crippen LogP contribution in [0, 0.1) is 0 Å². The Bertz CT molecular complexity index is 1010. The first-order valence-corrected chi connectivity index (χ1v) is 9.15. The normalized spacial score (nSPS) is 20.2. The van der Waals surface area contributed by atoms with Crippen LogP contribution >= 0.6 is 0 Å². The standard InChI is InChI=1S/C18H16N2O3S/c21-16-10-12-4-1-2-6-15(12)18(16)20-24(22,23)17-7-3-5-13-11-19-9-8-14(13)17/h1-9,11,16,18,20-21H,10H2. The van der Waals surface area contributed by atoms with Crippen LogP contribution < -0.4 is 4.72 Å². The number of fused-ring (bicyclic) bond motifs is 2. The van der Waals surface area contributed by atoms with Gasteiger partial charge in [-0.15, -0.1) is 0 Å². The quantitative estimate of drug-likeness (QED) is 0.766. The average molecular weight is 340 g/mol. The molecule has 0 bridgehead atoms. The molecule has 6 heteroatoms. The summed E-state index contributed by atoms with van der Waals surface area (Å²) in [6.45, 7) is 0. The van der Waals surface area contributed by atoms with Gasteiger partial charge in [0.1, 0.15) is 0 Å². The first kappa shape index (κ1) is 15.3. The Morgan fingerprint density at radius 2 is 1.92 bits per heavy atom. The van der Waals surface area contributed by atoms with E-state index in [1.165, 1.54) is 0 Å². The third kappa shape index (κ3) is 2.49. The third-order valence-electron chi connectivity index (χ3n) is 4.42. The highest BCUT2D eigenvalue weighted by molar-refractivity contribution is 7.89. The molecular weight excluding hydrogens is 324 g/mol. The van der Waals surface area contributed by atoms with Crippen molar-refractivity contribution < 1.29 is 13.5 Å². The van der Waals surface area contributed by atoms with Gasteiger partial charge in [-0.05, 0) is 23.3 Å². The fraction of sp³-hybridized carbons (Fsp3) is 0.167. The van der Waals surface area contributed by atoms with Gasteiger partial charge in [0, 0.05) is 29.6 Å². The van der Waals surface area contributed by atoms with Crippen LogP contribution in [-0.2, 0) is 16.4 Å². The Labute approximate surface area is 140 Å². The Morgan fingerprint density at radius 3 is 2.79 bits per heavy atom. The first-order chi connectivity index (χ1) is 11.6. The summed E-state index contributed by atoms with van der Waals surface area (Å²) in [5.74, 6) is 0. The molecule has 0 aliphatic heterocycles. The highest BCUT2D eigenvalue weighted by Crippen LogP contribution is 2.33. The van der Waals surface area contributed by atoms with Gasteiger partial charge in [0.15, 0.2) is 0 Å². The van der Waals surface area contributed by atoms with E-state index >= 15 is 0 Å². The average Bonchev–Trinajstić information content (AvgIpc) is 2.90. The van der Waals surface area contributed by atoms with Crippen molar-refractivity contribution >= 4 is 20.8 Å². The summed E-state index contributed by atoms with van der Waals surface area (Å²) in [5.41, 5.74) is 1.80. The molecule has 2 atom stereocenters. The maximum atomic E-state index is 12.9. The molecule has 0 amide bonds. The Morgan fingerprint density at radius 1 is 1.08 bits per heavy atom. The van der Waals surface area contributed by atoms with Crippen LogP contribution in [0.25, 0.3) is 10.8 Å². The molecule has 0 saturated carbocycles. The van der Waals surface area contributed by atoms with Gasteiger partial charge in [-0.1, -0.05) is 36.4 Å². The van der Waals surface area contributed by atoms with E-state index in [0.717, 1.165) is 16.5 Å². The molecule has 1 aliphatic carbocycles. The van der Waals surface area contributed by atoms with Crippen LogP contribution in [-0.4, -0.2) is 24.6 Å². The fourth-order valence-electron chi connectivity index (χ4n) is 3.27. The summed E-state index contributed by atoms with van der Waals surface area (Å²) in [5, 5.41) is 11.7. The van der Waals surface area contributed by atoms with Crippen molar-refractivity contribution in [2.45, 2.75) is 23.5 Å². The van der Waals surface area contributed by atoms with Crippen LogP contribution in [0.15, 0.2) is 65.8 Å². The number of aliphatic hydroxyl groups is 1. The van der Waals surface area contributed by atoms with Gasteiger partial charge >= 0.3 is 0 Å². The number of aromatic nitrogens is 1. The number of hydrogen-bond acceptors (Lipinski definition) is 4. The number of benzene rings is 2. The number of aliphatic hydroxyl groups excluding tert-OH is 1. The summed E-state index contributed by atoms with van der Waals surface area (Å²) < 4.78 is 28.5. The molecule has 1 aromatic heterocycles. The van der Waals surface area contributed by atoms with Gasteiger partial charge < -0.3 is 5.11 Å². The van der Waals surface area contributed by atoms with Crippen molar-refractivity contribution in [3.8, 4) is 0 Å². The second kappa shape index (κ2) is 5.66. The maximum Gasteiger partial charge on any atom is 0.241 e. The zero-order valence-corrected chi connectivity index (χ0v) is 13.6. The smallest absolute Gasteiger partial charge is 0.241 e. The van der Waals surface area contributed by atoms with Crippen molar-refractivity contribution in [3.63, 3.8) is 0 Å². The zero-order chi connectivity index (χ0) is 16.7. The van der Waals surface area contributed by atoms with Crippen LogP contribution in [0.5, 0.6) is 0 Å². The number of rotatable bonds is 3. The molecule has 24 heavy (non-hydrogen) atoms. The number of nitrogens with one attached hydrogen (secondary N) is 1. The van der Waals surface area contributed by atoms with Crippen LogP contribution in [0.2, 0.25) is 0 Å². The molecule has 0 saturated heterocycles. The summed E-state index contributed by atoms with van der Waals surface area (Å²) in [7, 11) is -3.78. The molecule has 3 aromatic rings. The van der Waals surface area contributed by atoms with Gasteiger partial charge in [-0.2, -0.15) is 0 Å². The van der Waals surface area contributed by atoms with Gasteiger partial charge in [0.05, 0.1) is 17.0 Å². The summed E-state index contributed by atoms with van der Waals surface area (Å²) in [6.07, 6.45) is 2.88. The minimum Gasteiger partial charge on any atom is -0.391 e. The monoisotopic (exact) mass is 340 g/mol. The molecule has 0 fully saturated rings. The highest BCUT2D eigenvalue weighted by Gasteiger charge is 2.34. The molecule has 122 valence electrons. The number of hydrogen-bond donors (Lipinski definition) is 2. The van der Waals surface area contributed by atoms with Crippen LogP contribution in [0.1, 0.15) is 17.2 Å². The van der Waals surface area contributed by atoms with Crippen molar-refractivity contribution in [2.75, 3.05) is 0 Å². The van der Waals surface area contributed by atoms with E-state index in [1.54, 1.807) is 30.6 Å². The number of nitrogens with zero attached hydrogens (tertiary/aromatic N) is 1. The molecule has 5 nitrogen and oxygen atoms in total. The van der Waals surface area contributed by atoms with E-state index in [1.807, 2.05) is 30.3 Å². The van der Waals surface area contributed by atoms with Crippen molar-refractivity contribution in [3.05, 3.63) is 72.1 Å². The topological polar surface area (TPSA) is 79.3 Å². The lowest BCUT2D eigenvalue weighted by molar-refractivity contribution is 0.151. The molecule has 0 radical (unpaired) electrons. The highest BCUT2D eigenvalue weighted by atomic mass is 32.2. The first-order valence-electron chi connectivity index (χ1n) is 7.67. The number of pyridine rings is 1. The lowest BCUT2D eigenvalue weighted by Crippen LogP contribution is -2.34. The molecule has 4 rings (SSSR count). The minimum atomic E-state index is -3.78. The van der Waals surface area contributed by atoms with Gasteiger partial charge in [0.25, 0.3) is 0 Å². The van der Waals surface area contributed by atoms with Crippen molar-refractivity contribution in [1.82, 2.24) is 9.71 Å². The molecule has 2 N–H and O–H groups in total. The third-order valence-corrected chi connectivity index (χ3v) is 5.92. The van der Waals surface area contributed by atoms with Gasteiger partial charge in [-0.25, -0.2) is 13.1 Å². The Hall–Kier alpha value is -2.28. The second-order valence-electron chi connectivity index (χ2n) is 5.92. The lowest BCUT2D eigenvalue weighted by Gasteiger charge is -2.18. The minimum absolute atomic E-state index is 0.194. The van der Waals surface area contributed by atoms with Crippen LogP contribution in [0.4, 0.5) is 0 Å². The summed E-state index contributed by atoms with van der Waals surface area (Å²) in [4.78, 5) is 4.22. The van der Waals surface area contributed by atoms with Crippen molar-refractivity contribution in [1.29, 1.82) is 0 Å². The van der Waals surface area contributed by atoms with E-state index in [2.05, 4.69) is 9.71 Å². The molecule has 1 heterocycles. The van der Waals surface area contributed by atoms with E-state index in [-0.39, 0.29) is 4.90 Å². The van der Waals surface area contributed by atoms with Crippen LogP contribution in [0.3, 0.4) is 0 Å². The fourth-order valence-corrected chi connectivity index (χ4v) is 4.75. The largest absolute Gasteiger partial charge is 0.391 e. The SMILES string of the molecule is O=S(=O)(NC1c2ccccc2CC1O)c1cccc2cnccc12. The molecule has 1 aliphatic rings. The zero-order valence-electron chi connectivity index (χ0n) is 12.8. The summed E-state index contributed by atoms with van der Waals surface area (Å²) >= 11 is 0. The van der Waals surface area contributed by atoms with Gasteiger partial charge in [0.2, 0.25) is 10.0 Å². The maximum absolute atomic E-state index is 12.9. The summed E-state index contributed by atoms with van der Waals surface area (Å²) in [6, 6.07) is 13.6. The Balaban J connectivity index is 1.76. The van der Waals surface area contributed by atoms with E-state index in [4.69, 9.17) is 0 Å². The molecule has 2 unspecified atom stereocenters. The van der Waals surface area contributed by atoms with E-state index in [0.29, 0.717) is 11.8 Å². The van der Waals surface area contributed by atoms with E-state index < -0.39 is 22.2 Å².